The summed E-state index contributed by atoms with van der Waals surface area (Å²) in [5, 5.41) is 0. The first kappa shape index (κ1) is 16.8. The summed E-state index contributed by atoms with van der Waals surface area (Å²) < 4.78 is 78.3. The maximum atomic E-state index is 13.0. The van der Waals surface area contributed by atoms with E-state index >= 15 is 0 Å². The molecular formula is C13H15F6N3. The number of anilines is 1. The summed E-state index contributed by atoms with van der Waals surface area (Å²) >= 11 is 0. The molecule has 9 heteroatoms. The van der Waals surface area contributed by atoms with Crippen LogP contribution in [0.15, 0.2) is 6.07 Å². The molecule has 1 aromatic rings. The van der Waals surface area contributed by atoms with Crippen molar-refractivity contribution in [1.82, 2.24) is 9.97 Å². The molecule has 1 aliphatic rings. The summed E-state index contributed by atoms with van der Waals surface area (Å²) in [7, 11) is 0. The number of rotatable bonds is 2. The van der Waals surface area contributed by atoms with E-state index in [-0.39, 0.29) is 12.4 Å². The van der Waals surface area contributed by atoms with Crippen LogP contribution >= 0.6 is 0 Å². The van der Waals surface area contributed by atoms with Crippen LogP contribution in [0.5, 0.6) is 0 Å². The van der Waals surface area contributed by atoms with Crippen LogP contribution in [-0.4, -0.2) is 35.4 Å². The second kappa shape index (κ2) is 5.27. The van der Waals surface area contributed by atoms with Gasteiger partial charge in [0.1, 0.15) is 11.6 Å². The predicted molar refractivity (Wildman–Crippen MR) is 67.5 cm³/mol. The summed E-state index contributed by atoms with van der Waals surface area (Å²) in [6, 6.07) is 1.44. The summed E-state index contributed by atoms with van der Waals surface area (Å²) in [5.41, 5.74) is -3.12. The number of hydrogen-bond donors (Lipinski definition) is 0. The maximum Gasteiger partial charge on any atom is 0.404 e. The molecule has 0 aliphatic carbocycles. The van der Waals surface area contributed by atoms with E-state index in [4.69, 9.17) is 0 Å². The molecule has 0 unspecified atom stereocenters. The molecule has 0 aromatic carbocycles. The summed E-state index contributed by atoms with van der Waals surface area (Å²) in [6.45, 7) is 1.84. The van der Waals surface area contributed by atoms with E-state index in [1.165, 1.54) is 6.07 Å². The van der Waals surface area contributed by atoms with Crippen LogP contribution in [0.25, 0.3) is 0 Å². The fourth-order valence-corrected chi connectivity index (χ4v) is 2.58. The first-order chi connectivity index (χ1) is 10.00. The van der Waals surface area contributed by atoms with Crippen molar-refractivity contribution in [2.24, 2.45) is 5.41 Å². The lowest BCUT2D eigenvalue weighted by Crippen LogP contribution is -2.51. The highest BCUT2D eigenvalue weighted by molar-refractivity contribution is 5.42. The molecule has 0 N–H and O–H groups in total. The smallest absolute Gasteiger partial charge is 0.355 e. The lowest BCUT2D eigenvalue weighted by atomic mass is 9.85. The fraction of sp³-hybridized carbons (Fsp3) is 0.692. The Morgan fingerprint density at radius 1 is 1.14 bits per heavy atom. The van der Waals surface area contributed by atoms with Crippen molar-refractivity contribution in [2.45, 2.75) is 39.0 Å². The third-order valence-electron chi connectivity index (χ3n) is 3.92. The van der Waals surface area contributed by atoms with Crippen molar-refractivity contribution in [3.63, 3.8) is 0 Å². The molecule has 0 spiro atoms. The molecule has 0 bridgehead atoms. The average Bonchev–Trinajstić information content (AvgIpc) is 2.83. The van der Waals surface area contributed by atoms with E-state index in [1.54, 1.807) is 13.8 Å². The molecule has 1 aliphatic heterocycles. The molecule has 2 heterocycles. The van der Waals surface area contributed by atoms with Crippen LogP contribution in [-0.2, 0) is 6.42 Å². The normalized spacial score (nSPS) is 18.8. The molecule has 22 heavy (non-hydrogen) atoms. The highest BCUT2D eigenvalue weighted by Crippen LogP contribution is 2.55. The van der Waals surface area contributed by atoms with Crippen molar-refractivity contribution in [3.05, 3.63) is 17.6 Å². The number of alkyl halides is 6. The van der Waals surface area contributed by atoms with Gasteiger partial charge in [-0.25, -0.2) is 9.97 Å². The third kappa shape index (κ3) is 2.72. The molecule has 0 saturated carbocycles. The van der Waals surface area contributed by atoms with Gasteiger partial charge in [0.05, 0.1) is 0 Å². The fourth-order valence-electron chi connectivity index (χ4n) is 2.58. The minimum atomic E-state index is -5.35. The van der Waals surface area contributed by atoms with Crippen LogP contribution in [0, 0.1) is 12.3 Å². The van der Waals surface area contributed by atoms with Gasteiger partial charge in [0.15, 0.2) is 5.41 Å². The number of hydrogen-bond acceptors (Lipinski definition) is 3. The molecule has 1 fully saturated rings. The van der Waals surface area contributed by atoms with E-state index in [1.807, 2.05) is 0 Å². The minimum absolute atomic E-state index is 0.111. The second-order valence-corrected chi connectivity index (χ2v) is 5.37. The standard InChI is InChI=1S/C13H15F6N3/c1-3-9-6-10(21-8(2)20-9)22-5-4-11(7-22,12(14,15)16)13(17,18)19/h6H,3-5,7H2,1-2H3. The van der Waals surface area contributed by atoms with E-state index in [0.717, 1.165) is 4.90 Å². The second-order valence-electron chi connectivity index (χ2n) is 5.37. The molecular weight excluding hydrogens is 312 g/mol. The van der Waals surface area contributed by atoms with Crippen LogP contribution in [0.2, 0.25) is 0 Å². The summed E-state index contributed by atoms with van der Waals surface area (Å²) in [4.78, 5) is 9.09. The van der Waals surface area contributed by atoms with Gasteiger partial charge in [0.2, 0.25) is 0 Å². The Labute approximate surface area is 123 Å². The first-order valence-electron chi connectivity index (χ1n) is 6.73. The summed E-state index contributed by atoms with van der Waals surface area (Å²) in [5.74, 6) is 0.436. The van der Waals surface area contributed by atoms with Gasteiger partial charge in [0.25, 0.3) is 0 Å². The molecule has 0 amide bonds. The molecule has 2 rings (SSSR count). The van der Waals surface area contributed by atoms with Gasteiger partial charge < -0.3 is 4.90 Å². The lowest BCUT2D eigenvalue weighted by molar-refractivity contribution is -0.332. The average molecular weight is 327 g/mol. The third-order valence-corrected chi connectivity index (χ3v) is 3.92. The van der Waals surface area contributed by atoms with E-state index in [9.17, 15) is 26.3 Å². The molecule has 1 saturated heterocycles. The monoisotopic (exact) mass is 327 g/mol. The summed E-state index contributed by atoms with van der Waals surface area (Å²) in [6.07, 6.45) is -11.2. The molecule has 1 aromatic heterocycles. The van der Waals surface area contributed by atoms with Crippen LogP contribution in [0.3, 0.4) is 0 Å². The highest BCUT2D eigenvalue weighted by atomic mass is 19.4. The number of aryl methyl sites for hydroxylation is 2. The Bertz CT molecular complexity index is 538. The maximum absolute atomic E-state index is 13.0. The van der Waals surface area contributed by atoms with Gasteiger partial charge in [-0.3, -0.25) is 0 Å². The Balaban J connectivity index is 2.37. The number of aromatic nitrogens is 2. The van der Waals surface area contributed by atoms with Crippen LogP contribution in [0.1, 0.15) is 24.9 Å². The van der Waals surface area contributed by atoms with E-state index < -0.39 is 30.7 Å². The van der Waals surface area contributed by atoms with E-state index in [0.29, 0.717) is 17.9 Å². The molecule has 0 radical (unpaired) electrons. The molecule has 124 valence electrons. The zero-order chi connectivity index (χ0) is 16.8. The first-order valence-corrected chi connectivity index (χ1v) is 6.73. The van der Waals surface area contributed by atoms with Gasteiger partial charge in [-0.05, 0) is 19.8 Å². The number of halogens is 6. The van der Waals surface area contributed by atoms with Gasteiger partial charge >= 0.3 is 12.4 Å². The van der Waals surface area contributed by atoms with Gasteiger partial charge in [-0.15, -0.1) is 0 Å². The Morgan fingerprint density at radius 3 is 2.18 bits per heavy atom. The van der Waals surface area contributed by atoms with Crippen LogP contribution in [0.4, 0.5) is 32.2 Å². The molecule has 0 atom stereocenters. The molecule has 3 nitrogen and oxygen atoms in total. The van der Waals surface area contributed by atoms with Gasteiger partial charge in [0, 0.05) is 24.8 Å². The van der Waals surface area contributed by atoms with Gasteiger partial charge in [-0.2, -0.15) is 26.3 Å². The van der Waals surface area contributed by atoms with Crippen molar-refractivity contribution < 1.29 is 26.3 Å². The Morgan fingerprint density at radius 2 is 1.73 bits per heavy atom. The van der Waals surface area contributed by atoms with Crippen molar-refractivity contribution >= 4 is 5.82 Å². The Hall–Kier alpha value is -1.54. The SMILES string of the molecule is CCc1cc(N2CCC(C(F)(F)F)(C(F)(F)F)C2)nc(C)n1. The quantitative estimate of drug-likeness (QED) is 0.776. The topological polar surface area (TPSA) is 29.0 Å². The number of nitrogens with zero attached hydrogens (tertiary/aromatic N) is 3. The highest BCUT2D eigenvalue weighted by Gasteiger charge is 2.72. The van der Waals surface area contributed by atoms with Crippen molar-refractivity contribution in [1.29, 1.82) is 0 Å². The van der Waals surface area contributed by atoms with Crippen LogP contribution < -0.4 is 4.90 Å². The lowest BCUT2D eigenvalue weighted by Gasteiger charge is -2.33. The largest absolute Gasteiger partial charge is 0.404 e. The van der Waals surface area contributed by atoms with Gasteiger partial charge in [-0.1, -0.05) is 6.92 Å². The zero-order valence-corrected chi connectivity index (χ0v) is 12.0. The van der Waals surface area contributed by atoms with Crippen molar-refractivity contribution in [2.75, 3.05) is 18.0 Å². The predicted octanol–water partition coefficient (Wildman–Crippen LogP) is 3.67. The van der Waals surface area contributed by atoms with Crippen molar-refractivity contribution in [3.8, 4) is 0 Å². The zero-order valence-electron chi connectivity index (χ0n) is 12.0. The van der Waals surface area contributed by atoms with E-state index in [2.05, 4.69) is 9.97 Å². The Kier molecular flexibility index (Phi) is 4.03. The minimum Gasteiger partial charge on any atom is -0.355 e.